The summed E-state index contributed by atoms with van der Waals surface area (Å²) in [7, 11) is 1.67. The molecule has 0 aliphatic heterocycles. The smallest absolute Gasteiger partial charge is 0.261 e. The number of thioether (sulfide) groups is 1. The zero-order chi connectivity index (χ0) is 21.1. The predicted molar refractivity (Wildman–Crippen MR) is 123 cm³/mol. The molecule has 0 bridgehead atoms. The van der Waals surface area contributed by atoms with Gasteiger partial charge in [-0.05, 0) is 24.1 Å². The summed E-state index contributed by atoms with van der Waals surface area (Å²) >= 11 is 2.62. The summed E-state index contributed by atoms with van der Waals surface area (Å²) in [6.07, 6.45) is 0.994. The van der Waals surface area contributed by atoms with E-state index in [1.54, 1.807) is 19.2 Å². The van der Waals surface area contributed by atoms with Crippen molar-refractivity contribution in [3.63, 3.8) is 0 Å². The van der Waals surface area contributed by atoms with Gasteiger partial charge in [0.05, 0.1) is 22.3 Å². The molecule has 0 saturated heterocycles. The zero-order valence-electron chi connectivity index (χ0n) is 16.6. The van der Waals surface area contributed by atoms with Crippen LogP contribution in [0.5, 0.6) is 0 Å². The van der Waals surface area contributed by atoms with E-state index in [2.05, 4.69) is 34.3 Å². The van der Waals surface area contributed by atoms with Gasteiger partial charge in [0, 0.05) is 18.0 Å². The number of aryl methyl sites for hydroxylation is 1. The highest BCUT2D eigenvalue weighted by Crippen LogP contribution is 2.25. The Bertz CT molecular complexity index is 1260. The van der Waals surface area contributed by atoms with Crippen LogP contribution in [0.4, 0.5) is 5.13 Å². The Kier molecular flexibility index (Phi) is 5.96. The van der Waals surface area contributed by atoms with E-state index in [-0.39, 0.29) is 17.2 Å². The average Bonchev–Trinajstić information content (AvgIpc) is 3.23. The van der Waals surface area contributed by atoms with Crippen molar-refractivity contribution in [3.05, 3.63) is 69.8 Å². The van der Waals surface area contributed by atoms with Gasteiger partial charge < -0.3 is 5.32 Å². The first kappa shape index (κ1) is 20.3. The number of fused-ring (bicyclic) bond motifs is 1. The SMILES string of the molecule is CCc1ccc(-c2csc(NC(=O)CSc3nc4ccccc4c(=O)n3C)n2)cc1. The standard InChI is InChI=1S/C22H20N4O2S2/c1-3-14-8-10-15(11-9-14)18-12-29-21(23-18)25-19(27)13-30-22-24-17-7-5-4-6-16(17)20(28)26(22)2/h4-12H,3,13H2,1-2H3,(H,23,25,27). The van der Waals surface area contributed by atoms with Gasteiger partial charge in [0.1, 0.15) is 0 Å². The van der Waals surface area contributed by atoms with E-state index in [1.165, 1.54) is 33.2 Å². The molecule has 0 aliphatic carbocycles. The van der Waals surface area contributed by atoms with Gasteiger partial charge >= 0.3 is 0 Å². The largest absolute Gasteiger partial charge is 0.301 e. The van der Waals surface area contributed by atoms with Gasteiger partial charge in [-0.25, -0.2) is 9.97 Å². The molecule has 30 heavy (non-hydrogen) atoms. The van der Waals surface area contributed by atoms with Crippen LogP contribution >= 0.6 is 23.1 Å². The number of hydrogen-bond donors (Lipinski definition) is 1. The summed E-state index contributed by atoms with van der Waals surface area (Å²) in [5.41, 5.74) is 3.64. The minimum absolute atomic E-state index is 0.123. The number of carbonyl (C=O) groups is 1. The van der Waals surface area contributed by atoms with E-state index in [0.29, 0.717) is 21.2 Å². The van der Waals surface area contributed by atoms with Crippen molar-refractivity contribution in [1.82, 2.24) is 14.5 Å². The van der Waals surface area contributed by atoms with E-state index >= 15 is 0 Å². The molecule has 4 rings (SSSR count). The molecule has 1 amide bonds. The third-order valence-electron chi connectivity index (χ3n) is 4.68. The monoisotopic (exact) mass is 436 g/mol. The van der Waals surface area contributed by atoms with Crippen LogP contribution in [0.2, 0.25) is 0 Å². The second kappa shape index (κ2) is 8.81. The van der Waals surface area contributed by atoms with Gasteiger partial charge in [0.25, 0.3) is 5.56 Å². The number of nitrogens with zero attached hydrogens (tertiary/aromatic N) is 3. The third kappa shape index (κ3) is 4.29. The van der Waals surface area contributed by atoms with Crippen molar-refractivity contribution in [2.24, 2.45) is 7.05 Å². The van der Waals surface area contributed by atoms with E-state index in [1.807, 2.05) is 29.6 Å². The van der Waals surface area contributed by atoms with Gasteiger partial charge in [-0.1, -0.05) is 55.1 Å². The molecule has 0 spiro atoms. The molecule has 0 fully saturated rings. The lowest BCUT2D eigenvalue weighted by Crippen LogP contribution is -2.21. The van der Waals surface area contributed by atoms with Crippen LogP contribution in [0, 0.1) is 0 Å². The molecule has 0 atom stereocenters. The first-order chi connectivity index (χ1) is 14.5. The summed E-state index contributed by atoms with van der Waals surface area (Å²) in [5, 5.41) is 6.38. The highest BCUT2D eigenvalue weighted by molar-refractivity contribution is 7.99. The fourth-order valence-electron chi connectivity index (χ4n) is 2.99. The van der Waals surface area contributed by atoms with Crippen LogP contribution in [-0.4, -0.2) is 26.2 Å². The molecule has 8 heteroatoms. The Morgan fingerprint density at radius 3 is 2.67 bits per heavy atom. The number of aromatic nitrogens is 3. The third-order valence-corrected chi connectivity index (χ3v) is 6.47. The maximum absolute atomic E-state index is 12.5. The molecule has 1 N–H and O–H groups in total. The van der Waals surface area contributed by atoms with E-state index in [9.17, 15) is 9.59 Å². The molecule has 152 valence electrons. The molecule has 6 nitrogen and oxygen atoms in total. The molecule has 0 unspecified atom stereocenters. The van der Waals surface area contributed by atoms with Crippen molar-refractivity contribution in [2.45, 2.75) is 18.5 Å². The lowest BCUT2D eigenvalue weighted by atomic mass is 10.1. The average molecular weight is 437 g/mol. The van der Waals surface area contributed by atoms with E-state index < -0.39 is 0 Å². The van der Waals surface area contributed by atoms with Crippen LogP contribution in [0.15, 0.2) is 63.9 Å². The number of hydrogen-bond acceptors (Lipinski definition) is 6. The van der Waals surface area contributed by atoms with E-state index in [0.717, 1.165) is 17.7 Å². The Balaban J connectivity index is 1.42. The van der Waals surface area contributed by atoms with Crippen LogP contribution in [0.3, 0.4) is 0 Å². The molecule has 2 heterocycles. The molecular formula is C22H20N4O2S2. The minimum Gasteiger partial charge on any atom is -0.301 e. The summed E-state index contributed by atoms with van der Waals surface area (Å²) < 4.78 is 1.47. The summed E-state index contributed by atoms with van der Waals surface area (Å²) in [5.74, 6) is -0.0525. The van der Waals surface area contributed by atoms with Crippen molar-refractivity contribution in [3.8, 4) is 11.3 Å². The van der Waals surface area contributed by atoms with Crippen molar-refractivity contribution < 1.29 is 4.79 Å². The molecular weight excluding hydrogens is 416 g/mol. The van der Waals surface area contributed by atoms with Gasteiger partial charge in [0.2, 0.25) is 5.91 Å². The van der Waals surface area contributed by atoms with Gasteiger partial charge in [-0.15, -0.1) is 11.3 Å². The molecule has 4 aromatic rings. The summed E-state index contributed by atoms with van der Waals surface area (Å²) in [6, 6.07) is 15.5. The molecule has 2 aromatic carbocycles. The number of amides is 1. The number of rotatable bonds is 6. The van der Waals surface area contributed by atoms with Gasteiger partial charge in [-0.3, -0.25) is 14.2 Å². The van der Waals surface area contributed by atoms with Gasteiger partial charge in [0.15, 0.2) is 10.3 Å². The fraction of sp³-hybridized carbons (Fsp3) is 0.182. The van der Waals surface area contributed by atoms with Crippen molar-refractivity contribution in [1.29, 1.82) is 0 Å². The van der Waals surface area contributed by atoms with Crippen molar-refractivity contribution >= 4 is 45.0 Å². The van der Waals surface area contributed by atoms with E-state index in [4.69, 9.17) is 0 Å². The first-order valence-corrected chi connectivity index (χ1v) is 11.3. The minimum atomic E-state index is -0.190. The number of thiazole rings is 1. The Hall–Kier alpha value is -2.97. The molecule has 0 aliphatic rings. The molecule has 0 radical (unpaired) electrons. The van der Waals surface area contributed by atoms with Crippen LogP contribution in [0.1, 0.15) is 12.5 Å². The Morgan fingerprint density at radius 2 is 1.90 bits per heavy atom. The summed E-state index contributed by atoms with van der Waals surface area (Å²) in [6.45, 7) is 2.12. The number of nitrogens with one attached hydrogen (secondary N) is 1. The fourth-order valence-corrected chi connectivity index (χ4v) is 4.49. The number of benzene rings is 2. The predicted octanol–water partition coefficient (Wildman–Crippen LogP) is 4.35. The Labute approximate surface area is 182 Å². The second-order valence-electron chi connectivity index (χ2n) is 6.70. The molecule has 0 saturated carbocycles. The maximum Gasteiger partial charge on any atom is 0.261 e. The van der Waals surface area contributed by atoms with Crippen LogP contribution < -0.4 is 10.9 Å². The second-order valence-corrected chi connectivity index (χ2v) is 8.50. The van der Waals surface area contributed by atoms with Gasteiger partial charge in [-0.2, -0.15) is 0 Å². The zero-order valence-corrected chi connectivity index (χ0v) is 18.2. The highest BCUT2D eigenvalue weighted by atomic mass is 32.2. The highest BCUT2D eigenvalue weighted by Gasteiger charge is 2.12. The van der Waals surface area contributed by atoms with Crippen molar-refractivity contribution in [2.75, 3.05) is 11.1 Å². The van der Waals surface area contributed by atoms with Crippen LogP contribution in [0.25, 0.3) is 22.2 Å². The summed E-state index contributed by atoms with van der Waals surface area (Å²) in [4.78, 5) is 33.9. The Morgan fingerprint density at radius 1 is 1.13 bits per heavy atom. The van der Waals surface area contributed by atoms with Crippen LogP contribution in [-0.2, 0) is 18.3 Å². The molecule has 2 aromatic heterocycles. The lowest BCUT2D eigenvalue weighted by Gasteiger charge is -2.08. The maximum atomic E-state index is 12.5. The first-order valence-electron chi connectivity index (χ1n) is 9.48. The normalized spacial score (nSPS) is 11.0. The quantitative estimate of drug-likeness (QED) is 0.359. The number of carbonyl (C=O) groups excluding carboxylic acids is 1. The number of anilines is 1. The topological polar surface area (TPSA) is 76.9 Å². The lowest BCUT2D eigenvalue weighted by molar-refractivity contribution is -0.113. The number of para-hydroxylation sites is 1.